The number of rotatable bonds is 2. The Kier molecular flexibility index (Phi) is 4.59. The number of carbonyl (C=O) groups excluding carboxylic acids is 1. The first kappa shape index (κ1) is 18.8. The number of anilines is 2. The number of halogens is 2. The van der Waals surface area contributed by atoms with Crippen molar-refractivity contribution >= 4 is 67.2 Å². The molecule has 144 valence electrons. The van der Waals surface area contributed by atoms with E-state index in [2.05, 4.69) is 31.2 Å². The maximum atomic E-state index is 12.5. The fraction of sp³-hybridized carbons (Fsp3) is 0.200. The van der Waals surface area contributed by atoms with Crippen molar-refractivity contribution in [3.63, 3.8) is 0 Å². The summed E-state index contributed by atoms with van der Waals surface area (Å²) < 4.78 is 7.90. The number of aromatic amines is 1. The van der Waals surface area contributed by atoms with Crippen LogP contribution >= 0.6 is 27.5 Å². The van der Waals surface area contributed by atoms with Gasteiger partial charge in [-0.25, -0.2) is 9.78 Å². The molecule has 0 amide bonds. The van der Waals surface area contributed by atoms with Gasteiger partial charge in [-0.2, -0.15) is 0 Å². The topological polar surface area (TPSA) is 71.9 Å². The lowest BCUT2D eigenvalue weighted by molar-refractivity contribution is 0.0544. The van der Waals surface area contributed by atoms with E-state index in [0.717, 1.165) is 20.9 Å². The van der Waals surface area contributed by atoms with Crippen molar-refractivity contribution in [1.29, 1.82) is 0 Å². The summed E-state index contributed by atoms with van der Waals surface area (Å²) >= 11 is 9.89. The van der Waals surface area contributed by atoms with E-state index in [-0.39, 0.29) is 0 Å². The van der Waals surface area contributed by atoms with E-state index in [1.165, 1.54) is 4.57 Å². The molecular weight excluding hydrogens is 444 g/mol. The van der Waals surface area contributed by atoms with Gasteiger partial charge in [0, 0.05) is 21.7 Å². The molecule has 28 heavy (non-hydrogen) atoms. The summed E-state index contributed by atoms with van der Waals surface area (Å²) in [4.78, 5) is 20.3. The highest BCUT2D eigenvalue weighted by atomic mass is 79.9. The number of H-pyrrole nitrogens is 1. The van der Waals surface area contributed by atoms with Crippen LogP contribution in [0.1, 0.15) is 20.8 Å². The smallest absolute Gasteiger partial charge is 0.418 e. The van der Waals surface area contributed by atoms with E-state index < -0.39 is 11.7 Å². The first-order valence-corrected chi connectivity index (χ1v) is 9.83. The molecule has 6 nitrogen and oxygen atoms in total. The molecule has 0 aliphatic heterocycles. The number of carbonyl (C=O) groups is 1. The average Bonchev–Trinajstić information content (AvgIpc) is 3.16. The monoisotopic (exact) mass is 460 g/mol. The van der Waals surface area contributed by atoms with Crippen molar-refractivity contribution in [3.8, 4) is 0 Å². The van der Waals surface area contributed by atoms with E-state index in [1.54, 1.807) is 18.3 Å². The van der Waals surface area contributed by atoms with Crippen LogP contribution in [0.3, 0.4) is 0 Å². The normalized spacial score (nSPS) is 11.9. The predicted octanol–water partition coefficient (Wildman–Crippen LogP) is 6.46. The summed E-state index contributed by atoms with van der Waals surface area (Å²) in [6.45, 7) is 5.49. The molecule has 4 rings (SSSR count). The van der Waals surface area contributed by atoms with Crippen LogP contribution in [-0.4, -0.2) is 26.2 Å². The third kappa shape index (κ3) is 3.72. The van der Waals surface area contributed by atoms with Gasteiger partial charge in [0.05, 0.1) is 21.6 Å². The van der Waals surface area contributed by atoms with Gasteiger partial charge < -0.3 is 15.0 Å². The Morgan fingerprint density at radius 3 is 2.79 bits per heavy atom. The van der Waals surface area contributed by atoms with Crippen molar-refractivity contribution in [2.24, 2.45) is 0 Å². The second-order valence-electron chi connectivity index (χ2n) is 7.43. The molecule has 0 bridgehead atoms. The first-order valence-electron chi connectivity index (χ1n) is 8.66. The van der Waals surface area contributed by atoms with Crippen molar-refractivity contribution in [3.05, 3.63) is 52.1 Å². The zero-order chi connectivity index (χ0) is 20.1. The molecule has 0 aliphatic rings. The van der Waals surface area contributed by atoms with Crippen LogP contribution in [0, 0.1) is 0 Å². The molecule has 0 unspecified atom stereocenters. The van der Waals surface area contributed by atoms with Crippen molar-refractivity contribution in [1.82, 2.24) is 14.5 Å². The molecular formula is C20H18BrClN4O2. The molecule has 0 atom stereocenters. The van der Waals surface area contributed by atoms with E-state index in [4.69, 9.17) is 16.3 Å². The van der Waals surface area contributed by atoms with E-state index in [9.17, 15) is 4.79 Å². The maximum absolute atomic E-state index is 12.5. The van der Waals surface area contributed by atoms with E-state index in [1.807, 2.05) is 45.0 Å². The quantitative estimate of drug-likeness (QED) is 0.359. The van der Waals surface area contributed by atoms with Crippen LogP contribution in [0.2, 0.25) is 5.02 Å². The van der Waals surface area contributed by atoms with E-state index in [0.29, 0.717) is 22.2 Å². The van der Waals surface area contributed by atoms with Crippen molar-refractivity contribution < 1.29 is 9.53 Å². The van der Waals surface area contributed by atoms with Gasteiger partial charge in [0.25, 0.3) is 0 Å². The largest absolute Gasteiger partial charge is 0.443 e. The van der Waals surface area contributed by atoms with Crippen LogP contribution < -0.4 is 5.32 Å². The summed E-state index contributed by atoms with van der Waals surface area (Å²) in [6, 6.07) is 11.2. The first-order chi connectivity index (χ1) is 13.2. The molecule has 0 aliphatic carbocycles. The summed E-state index contributed by atoms with van der Waals surface area (Å²) in [5.41, 5.74) is 2.52. The van der Waals surface area contributed by atoms with Gasteiger partial charge in [0.1, 0.15) is 5.60 Å². The number of aromatic nitrogens is 3. The lowest BCUT2D eigenvalue weighted by Gasteiger charge is -2.20. The molecule has 0 spiro atoms. The number of nitrogens with one attached hydrogen (secondary N) is 2. The minimum absolute atomic E-state index is 0.454. The fourth-order valence-corrected chi connectivity index (χ4v) is 3.56. The minimum Gasteiger partial charge on any atom is -0.443 e. The third-order valence-electron chi connectivity index (χ3n) is 4.05. The predicted molar refractivity (Wildman–Crippen MR) is 116 cm³/mol. The van der Waals surface area contributed by atoms with Gasteiger partial charge in [-0.05, 0) is 57.2 Å². The minimum atomic E-state index is -0.587. The molecule has 4 aromatic rings. The summed E-state index contributed by atoms with van der Waals surface area (Å²) in [6.07, 6.45) is 1.21. The van der Waals surface area contributed by atoms with Gasteiger partial charge in [-0.15, -0.1) is 0 Å². The van der Waals surface area contributed by atoms with Gasteiger partial charge >= 0.3 is 6.09 Å². The Labute approximate surface area is 175 Å². The lowest BCUT2D eigenvalue weighted by atomic mass is 10.2. The zero-order valence-corrected chi connectivity index (χ0v) is 17.9. The second kappa shape index (κ2) is 6.83. The summed E-state index contributed by atoms with van der Waals surface area (Å²) in [5, 5.41) is 4.52. The highest BCUT2D eigenvalue weighted by Crippen LogP contribution is 2.31. The molecule has 2 heterocycles. The number of hydrogen-bond donors (Lipinski definition) is 2. The molecule has 0 fully saturated rings. The average molecular weight is 462 g/mol. The van der Waals surface area contributed by atoms with Crippen molar-refractivity contribution in [2.75, 3.05) is 5.32 Å². The van der Waals surface area contributed by atoms with Crippen molar-refractivity contribution in [2.45, 2.75) is 26.4 Å². The highest BCUT2D eigenvalue weighted by Gasteiger charge is 2.20. The second-order valence-corrected chi connectivity index (χ2v) is 8.75. The van der Waals surface area contributed by atoms with Gasteiger partial charge in [0.15, 0.2) is 0 Å². The molecule has 0 saturated heterocycles. The Hall–Kier alpha value is -2.51. The van der Waals surface area contributed by atoms with Gasteiger partial charge in [0.2, 0.25) is 5.95 Å². The number of imidazole rings is 1. The molecule has 8 heteroatoms. The van der Waals surface area contributed by atoms with Crippen LogP contribution in [-0.2, 0) is 4.74 Å². The fourth-order valence-electron chi connectivity index (χ4n) is 2.92. The lowest BCUT2D eigenvalue weighted by Crippen LogP contribution is -2.26. The van der Waals surface area contributed by atoms with E-state index >= 15 is 0 Å². The highest BCUT2D eigenvalue weighted by molar-refractivity contribution is 9.10. The Morgan fingerprint density at radius 1 is 1.25 bits per heavy atom. The molecule has 2 aromatic carbocycles. The van der Waals surface area contributed by atoms with Crippen LogP contribution in [0.15, 0.2) is 47.1 Å². The van der Waals surface area contributed by atoms with Gasteiger partial charge in [-0.3, -0.25) is 4.57 Å². The third-order valence-corrected chi connectivity index (χ3v) is 4.86. The number of ether oxygens (including phenoxy) is 1. The van der Waals surface area contributed by atoms with Crippen LogP contribution in [0.4, 0.5) is 16.4 Å². The molecule has 2 aromatic heterocycles. The number of nitrogens with zero attached hydrogens (tertiary/aromatic N) is 2. The maximum Gasteiger partial charge on any atom is 0.418 e. The molecule has 0 saturated carbocycles. The Bertz CT molecular complexity index is 1210. The van der Waals surface area contributed by atoms with Crippen LogP contribution in [0.5, 0.6) is 0 Å². The Morgan fingerprint density at radius 2 is 2.04 bits per heavy atom. The van der Waals surface area contributed by atoms with Crippen LogP contribution in [0.25, 0.3) is 21.9 Å². The SMILES string of the molecule is CC(C)(C)OC(=O)n1ccc2c(Cl)cc(Nc3nc4ccc(Br)cc4[nH]3)cc21. The number of fused-ring (bicyclic) bond motifs is 2. The Balaban J connectivity index is 1.71. The number of hydrogen-bond acceptors (Lipinski definition) is 4. The standard InChI is InChI=1S/C20H18BrClN4O2/c1-20(2,3)28-19(27)26-7-6-13-14(22)9-12(10-17(13)26)23-18-24-15-5-4-11(21)8-16(15)25-18/h4-10H,1-3H3,(H2,23,24,25). The van der Waals surface area contributed by atoms with Gasteiger partial charge in [-0.1, -0.05) is 27.5 Å². The molecule has 2 N–H and O–H groups in total. The molecule has 0 radical (unpaired) electrons. The number of benzene rings is 2. The zero-order valence-electron chi connectivity index (χ0n) is 15.5. The summed E-state index contributed by atoms with van der Waals surface area (Å²) in [5.74, 6) is 0.582. The summed E-state index contributed by atoms with van der Waals surface area (Å²) in [7, 11) is 0.